The van der Waals surface area contributed by atoms with Crippen LogP contribution in [0.4, 0.5) is 5.69 Å². The number of hydrogen-bond acceptors (Lipinski definition) is 4. The zero-order valence-corrected chi connectivity index (χ0v) is 19.7. The Kier molecular flexibility index (Phi) is 8.70. The number of anilines is 1. The minimum Gasteiger partial charge on any atom is -0.496 e. The number of hydrogen-bond donors (Lipinski definition) is 2. The highest BCUT2D eigenvalue weighted by Gasteiger charge is 2.32. The van der Waals surface area contributed by atoms with Gasteiger partial charge in [-0.2, -0.15) is 0 Å². The number of likely N-dealkylation sites (N-methyl/N-ethyl adjacent to an activating group) is 1. The van der Waals surface area contributed by atoms with Crippen molar-refractivity contribution in [2.24, 2.45) is 0 Å². The maximum atomic E-state index is 13.5. The van der Waals surface area contributed by atoms with E-state index in [2.05, 4.69) is 26.6 Å². The van der Waals surface area contributed by atoms with Crippen LogP contribution in [-0.2, 0) is 22.6 Å². The van der Waals surface area contributed by atoms with Gasteiger partial charge in [-0.25, -0.2) is 0 Å². The molecule has 6 nitrogen and oxygen atoms in total. The number of benzene rings is 2. The summed E-state index contributed by atoms with van der Waals surface area (Å²) >= 11 is 3.50. The Labute approximate surface area is 191 Å². The molecule has 0 aromatic heterocycles. The summed E-state index contributed by atoms with van der Waals surface area (Å²) in [5.41, 5.74) is 2.85. The van der Waals surface area contributed by atoms with Gasteiger partial charge in [-0.15, -0.1) is 12.4 Å². The van der Waals surface area contributed by atoms with Gasteiger partial charge in [0.25, 0.3) is 0 Å². The first kappa shape index (κ1) is 24.2. The first-order valence-corrected chi connectivity index (χ1v) is 10.4. The minimum absolute atomic E-state index is 0. The number of aryl methyl sites for hydroxylation is 1. The van der Waals surface area contributed by atoms with Crippen molar-refractivity contribution in [1.82, 2.24) is 10.6 Å². The molecule has 2 aromatic rings. The molecule has 3 rings (SSSR count). The number of amides is 2. The number of carbonyl (C=O) groups excluding carboxylic acids is 2. The standard InChI is InChI=1S/C22H26BrN3O3.ClH/c1-14(24-2)21(27)25-18-10-8-15-6-4-5-7-19(15)26(22(18)28)13-16-12-17(23)9-11-20(16)29-3;/h4-7,9,11-12,14,18,24H,8,10,13H2,1-3H3,(H,25,27);1H. The lowest BCUT2D eigenvalue weighted by atomic mass is 10.1. The number of nitrogens with one attached hydrogen (secondary N) is 2. The Morgan fingerprint density at radius 1 is 1.30 bits per heavy atom. The number of methoxy groups -OCH3 is 1. The van der Waals surface area contributed by atoms with Crippen LogP contribution in [0.2, 0.25) is 0 Å². The molecule has 0 bridgehead atoms. The zero-order valence-electron chi connectivity index (χ0n) is 17.3. The lowest BCUT2D eigenvalue weighted by Crippen LogP contribution is -2.52. The van der Waals surface area contributed by atoms with Crippen molar-refractivity contribution in [3.05, 3.63) is 58.1 Å². The van der Waals surface area contributed by atoms with Gasteiger partial charge in [0.15, 0.2) is 0 Å². The number of fused-ring (bicyclic) bond motifs is 1. The van der Waals surface area contributed by atoms with Crippen molar-refractivity contribution < 1.29 is 14.3 Å². The van der Waals surface area contributed by atoms with Gasteiger partial charge in [-0.05, 0) is 56.6 Å². The van der Waals surface area contributed by atoms with Crippen molar-refractivity contribution in [3.63, 3.8) is 0 Å². The van der Waals surface area contributed by atoms with E-state index in [9.17, 15) is 9.59 Å². The smallest absolute Gasteiger partial charge is 0.249 e. The number of halogens is 2. The Bertz CT molecular complexity index is 909. The second-order valence-corrected chi connectivity index (χ2v) is 8.04. The first-order valence-electron chi connectivity index (χ1n) is 9.64. The maximum absolute atomic E-state index is 13.5. The van der Waals surface area contributed by atoms with Gasteiger partial charge in [-0.3, -0.25) is 9.59 Å². The third kappa shape index (κ3) is 5.33. The number of para-hydroxylation sites is 1. The van der Waals surface area contributed by atoms with Crippen LogP contribution in [0.3, 0.4) is 0 Å². The van der Waals surface area contributed by atoms with Crippen LogP contribution < -0.4 is 20.3 Å². The van der Waals surface area contributed by atoms with Crippen LogP contribution in [0.5, 0.6) is 5.75 Å². The predicted molar refractivity (Wildman–Crippen MR) is 124 cm³/mol. The van der Waals surface area contributed by atoms with Gasteiger partial charge in [0.2, 0.25) is 11.8 Å². The first-order chi connectivity index (χ1) is 13.9. The van der Waals surface area contributed by atoms with Crippen molar-refractivity contribution in [1.29, 1.82) is 0 Å². The van der Waals surface area contributed by atoms with Gasteiger partial charge in [-0.1, -0.05) is 34.1 Å². The zero-order chi connectivity index (χ0) is 21.0. The van der Waals surface area contributed by atoms with Crippen LogP contribution in [0.15, 0.2) is 46.9 Å². The van der Waals surface area contributed by atoms with E-state index >= 15 is 0 Å². The number of rotatable bonds is 6. The second-order valence-electron chi connectivity index (χ2n) is 7.12. The topological polar surface area (TPSA) is 70.7 Å². The SMILES string of the molecule is CNC(C)C(=O)NC1CCc2ccccc2N(Cc2cc(Br)ccc2OC)C1=O.Cl. The van der Waals surface area contributed by atoms with Gasteiger partial charge < -0.3 is 20.3 Å². The second kappa shape index (κ2) is 10.8. The average molecular weight is 497 g/mol. The van der Waals surface area contributed by atoms with E-state index in [0.717, 1.165) is 21.3 Å². The molecule has 2 atom stereocenters. The van der Waals surface area contributed by atoms with Crippen LogP contribution in [-0.4, -0.2) is 38.1 Å². The summed E-state index contributed by atoms with van der Waals surface area (Å²) in [4.78, 5) is 27.6. The molecular weight excluding hydrogens is 470 g/mol. The Hall–Kier alpha value is -2.09. The average Bonchev–Trinajstić information content (AvgIpc) is 2.85. The van der Waals surface area contributed by atoms with E-state index in [0.29, 0.717) is 25.1 Å². The molecule has 2 unspecified atom stereocenters. The summed E-state index contributed by atoms with van der Waals surface area (Å²) in [7, 11) is 3.34. The summed E-state index contributed by atoms with van der Waals surface area (Å²) in [5, 5.41) is 5.83. The van der Waals surface area contributed by atoms with Crippen LogP contribution in [0.1, 0.15) is 24.5 Å². The normalized spacial score (nSPS) is 16.7. The van der Waals surface area contributed by atoms with Crippen molar-refractivity contribution in [3.8, 4) is 5.75 Å². The fourth-order valence-electron chi connectivity index (χ4n) is 3.48. The lowest BCUT2D eigenvalue weighted by molar-refractivity contribution is -0.128. The molecule has 0 saturated carbocycles. The van der Waals surface area contributed by atoms with E-state index < -0.39 is 6.04 Å². The molecular formula is C22H27BrClN3O3. The van der Waals surface area contributed by atoms with E-state index in [1.807, 2.05) is 42.5 Å². The Morgan fingerprint density at radius 2 is 2.03 bits per heavy atom. The molecule has 8 heteroatoms. The molecule has 2 aromatic carbocycles. The minimum atomic E-state index is -0.580. The molecule has 1 aliphatic heterocycles. The van der Waals surface area contributed by atoms with Gasteiger partial charge >= 0.3 is 0 Å². The fourth-order valence-corrected chi connectivity index (χ4v) is 3.89. The number of ether oxygens (including phenoxy) is 1. The third-order valence-electron chi connectivity index (χ3n) is 5.26. The Morgan fingerprint density at radius 3 is 2.73 bits per heavy atom. The Balaban J connectivity index is 0.00000320. The molecule has 0 spiro atoms. The summed E-state index contributed by atoms with van der Waals surface area (Å²) < 4.78 is 6.41. The molecule has 0 saturated heterocycles. The highest BCUT2D eigenvalue weighted by Crippen LogP contribution is 2.31. The van der Waals surface area contributed by atoms with Crippen molar-refractivity contribution in [2.45, 2.75) is 38.4 Å². The summed E-state index contributed by atoms with van der Waals surface area (Å²) in [6.07, 6.45) is 1.27. The summed E-state index contributed by atoms with van der Waals surface area (Å²) in [6, 6.07) is 12.7. The van der Waals surface area contributed by atoms with Crippen LogP contribution in [0.25, 0.3) is 0 Å². The largest absolute Gasteiger partial charge is 0.496 e. The predicted octanol–water partition coefficient (Wildman–Crippen LogP) is 3.45. The third-order valence-corrected chi connectivity index (χ3v) is 5.76. The van der Waals surface area contributed by atoms with Crippen molar-refractivity contribution in [2.75, 3.05) is 19.1 Å². The van der Waals surface area contributed by atoms with Crippen molar-refractivity contribution >= 4 is 45.8 Å². The number of nitrogens with zero attached hydrogens (tertiary/aromatic N) is 1. The number of carbonyl (C=O) groups is 2. The molecule has 1 aliphatic rings. The van der Waals surface area contributed by atoms with Gasteiger partial charge in [0.1, 0.15) is 11.8 Å². The van der Waals surface area contributed by atoms with Crippen LogP contribution in [0, 0.1) is 0 Å². The van der Waals surface area contributed by atoms with E-state index in [4.69, 9.17) is 4.74 Å². The van der Waals surface area contributed by atoms with E-state index in [1.165, 1.54) is 0 Å². The molecule has 1 heterocycles. The summed E-state index contributed by atoms with van der Waals surface area (Å²) in [5.74, 6) is 0.414. The molecule has 2 N–H and O–H groups in total. The molecule has 2 amide bonds. The monoisotopic (exact) mass is 495 g/mol. The van der Waals surface area contributed by atoms with Gasteiger partial charge in [0.05, 0.1) is 19.7 Å². The fraction of sp³-hybridized carbons (Fsp3) is 0.364. The summed E-state index contributed by atoms with van der Waals surface area (Å²) in [6.45, 7) is 2.13. The highest BCUT2D eigenvalue weighted by atomic mass is 79.9. The molecule has 30 heavy (non-hydrogen) atoms. The molecule has 0 radical (unpaired) electrons. The lowest BCUT2D eigenvalue weighted by Gasteiger charge is -2.27. The molecule has 0 aliphatic carbocycles. The van der Waals surface area contributed by atoms with Gasteiger partial charge in [0, 0.05) is 15.7 Å². The highest BCUT2D eigenvalue weighted by molar-refractivity contribution is 9.10. The molecule has 0 fully saturated rings. The maximum Gasteiger partial charge on any atom is 0.249 e. The molecule has 162 valence electrons. The van der Waals surface area contributed by atoms with Crippen LogP contribution >= 0.6 is 28.3 Å². The van der Waals surface area contributed by atoms with E-state index in [1.54, 1.807) is 26.0 Å². The van der Waals surface area contributed by atoms with E-state index in [-0.39, 0.29) is 30.3 Å². The quantitative estimate of drug-likeness (QED) is 0.643.